The molecule has 1 aliphatic rings. The summed E-state index contributed by atoms with van der Waals surface area (Å²) in [6.45, 7) is 0.567. The smallest absolute Gasteiger partial charge is 0.269 e. The number of piperidine rings is 1. The van der Waals surface area contributed by atoms with Crippen LogP contribution in [-0.2, 0) is 9.59 Å². The Labute approximate surface area is 115 Å². The summed E-state index contributed by atoms with van der Waals surface area (Å²) in [7, 11) is 1.72. The number of amides is 2. The van der Waals surface area contributed by atoms with Gasteiger partial charge in [-0.1, -0.05) is 0 Å². The molecule has 1 aliphatic heterocycles. The number of carbonyl (C=O) groups excluding carboxylic acids is 2. The van der Waals surface area contributed by atoms with Crippen molar-refractivity contribution in [1.29, 1.82) is 0 Å². The number of benzene rings is 1. The quantitative estimate of drug-likeness (QED) is 0.667. The molecule has 2 rings (SSSR count). The van der Waals surface area contributed by atoms with E-state index in [1.807, 2.05) is 0 Å². The maximum absolute atomic E-state index is 12.0. The number of hydrogen-bond donors (Lipinski definition) is 1. The first-order chi connectivity index (χ1) is 9.47. The molecule has 0 aromatic heterocycles. The van der Waals surface area contributed by atoms with Crippen LogP contribution in [0.2, 0.25) is 0 Å². The summed E-state index contributed by atoms with van der Waals surface area (Å²) in [4.78, 5) is 35.2. The SMILES string of the molecule is CN1CC[C@H](C(=O)Nc2ccc([N+](=O)[O-])cc2)CC1=O. The number of nitrogens with one attached hydrogen (secondary N) is 1. The fourth-order valence-corrected chi connectivity index (χ4v) is 2.08. The molecular weight excluding hydrogens is 262 g/mol. The van der Waals surface area contributed by atoms with Crippen LogP contribution in [0.15, 0.2) is 24.3 Å². The fourth-order valence-electron chi connectivity index (χ4n) is 2.08. The minimum atomic E-state index is -0.499. The molecule has 0 aliphatic carbocycles. The molecule has 106 valence electrons. The lowest BCUT2D eigenvalue weighted by atomic mass is 9.95. The van der Waals surface area contributed by atoms with Gasteiger partial charge in [-0.15, -0.1) is 0 Å². The molecule has 7 heteroatoms. The van der Waals surface area contributed by atoms with Crippen molar-refractivity contribution < 1.29 is 14.5 Å². The number of likely N-dealkylation sites (tertiary alicyclic amines) is 1. The highest BCUT2D eigenvalue weighted by Gasteiger charge is 2.28. The number of nitro groups is 1. The molecule has 0 bridgehead atoms. The maximum atomic E-state index is 12.0. The molecule has 0 unspecified atom stereocenters. The number of nitrogens with zero attached hydrogens (tertiary/aromatic N) is 2. The van der Waals surface area contributed by atoms with Gasteiger partial charge in [0.05, 0.1) is 4.92 Å². The van der Waals surface area contributed by atoms with Gasteiger partial charge in [0.25, 0.3) is 5.69 Å². The van der Waals surface area contributed by atoms with Crippen LogP contribution in [0.4, 0.5) is 11.4 Å². The number of non-ortho nitro benzene ring substituents is 1. The Morgan fingerprint density at radius 3 is 2.60 bits per heavy atom. The Kier molecular flexibility index (Phi) is 3.97. The lowest BCUT2D eigenvalue weighted by Gasteiger charge is -2.27. The van der Waals surface area contributed by atoms with Crippen LogP contribution in [-0.4, -0.2) is 35.2 Å². The molecule has 0 spiro atoms. The number of anilines is 1. The molecule has 1 fully saturated rings. The van der Waals surface area contributed by atoms with Crippen LogP contribution in [0.3, 0.4) is 0 Å². The minimum Gasteiger partial charge on any atom is -0.346 e. The fraction of sp³-hybridized carbons (Fsp3) is 0.385. The van der Waals surface area contributed by atoms with Gasteiger partial charge in [0.15, 0.2) is 0 Å². The van der Waals surface area contributed by atoms with Gasteiger partial charge in [-0.3, -0.25) is 19.7 Å². The Morgan fingerprint density at radius 1 is 1.40 bits per heavy atom. The normalized spacial score (nSPS) is 18.8. The van der Waals surface area contributed by atoms with Crippen molar-refractivity contribution in [3.8, 4) is 0 Å². The third-order valence-corrected chi connectivity index (χ3v) is 3.38. The Bertz CT molecular complexity index is 541. The summed E-state index contributed by atoms with van der Waals surface area (Å²) < 4.78 is 0. The summed E-state index contributed by atoms with van der Waals surface area (Å²) in [5, 5.41) is 13.2. The van der Waals surface area contributed by atoms with E-state index >= 15 is 0 Å². The van der Waals surface area contributed by atoms with Crippen molar-refractivity contribution in [2.24, 2.45) is 5.92 Å². The Morgan fingerprint density at radius 2 is 2.05 bits per heavy atom. The second-order valence-corrected chi connectivity index (χ2v) is 4.80. The monoisotopic (exact) mass is 277 g/mol. The van der Waals surface area contributed by atoms with Crippen molar-refractivity contribution in [1.82, 2.24) is 4.90 Å². The third-order valence-electron chi connectivity index (χ3n) is 3.38. The van der Waals surface area contributed by atoms with Gasteiger partial charge in [-0.25, -0.2) is 0 Å². The second kappa shape index (κ2) is 5.68. The average molecular weight is 277 g/mol. The van der Waals surface area contributed by atoms with Crippen molar-refractivity contribution in [2.75, 3.05) is 18.9 Å². The molecule has 1 heterocycles. The molecule has 1 N–H and O–H groups in total. The maximum Gasteiger partial charge on any atom is 0.269 e. The van der Waals surface area contributed by atoms with Gasteiger partial charge < -0.3 is 10.2 Å². The van der Waals surface area contributed by atoms with Crippen LogP contribution in [0, 0.1) is 16.0 Å². The van der Waals surface area contributed by atoms with Crippen molar-refractivity contribution in [2.45, 2.75) is 12.8 Å². The van der Waals surface area contributed by atoms with E-state index in [0.29, 0.717) is 18.7 Å². The largest absolute Gasteiger partial charge is 0.346 e. The highest BCUT2D eigenvalue weighted by Crippen LogP contribution is 2.21. The Balaban J connectivity index is 1.97. The molecule has 20 heavy (non-hydrogen) atoms. The van der Waals surface area contributed by atoms with Crippen LogP contribution in [0.1, 0.15) is 12.8 Å². The summed E-state index contributed by atoms with van der Waals surface area (Å²) in [5.74, 6) is -0.603. The molecule has 1 saturated heterocycles. The molecular formula is C13H15N3O4. The minimum absolute atomic E-state index is 0.0301. The summed E-state index contributed by atoms with van der Waals surface area (Å²) in [6.07, 6.45) is 0.830. The van der Waals surface area contributed by atoms with Gasteiger partial charge in [-0.2, -0.15) is 0 Å². The van der Waals surface area contributed by atoms with Crippen molar-refractivity contribution >= 4 is 23.2 Å². The third kappa shape index (κ3) is 3.11. The highest BCUT2D eigenvalue weighted by atomic mass is 16.6. The van der Waals surface area contributed by atoms with Gasteiger partial charge in [0, 0.05) is 43.8 Å². The van der Waals surface area contributed by atoms with E-state index in [4.69, 9.17) is 0 Å². The number of nitro benzene ring substituents is 1. The number of carbonyl (C=O) groups is 2. The van der Waals surface area contributed by atoms with Crippen molar-refractivity contribution in [3.05, 3.63) is 34.4 Å². The summed E-state index contributed by atoms with van der Waals surface area (Å²) >= 11 is 0. The van der Waals surface area contributed by atoms with Crippen LogP contribution in [0.5, 0.6) is 0 Å². The predicted octanol–water partition coefficient (Wildman–Crippen LogP) is 1.40. The molecule has 0 saturated carbocycles. The van der Waals surface area contributed by atoms with Gasteiger partial charge in [0.2, 0.25) is 11.8 Å². The van der Waals surface area contributed by atoms with Crippen LogP contribution in [0.25, 0.3) is 0 Å². The lowest BCUT2D eigenvalue weighted by Crippen LogP contribution is -2.39. The molecule has 7 nitrogen and oxygen atoms in total. The number of hydrogen-bond acceptors (Lipinski definition) is 4. The zero-order chi connectivity index (χ0) is 14.7. The molecule has 2 amide bonds. The number of rotatable bonds is 3. The van der Waals surface area contributed by atoms with Crippen LogP contribution < -0.4 is 5.32 Å². The van der Waals surface area contributed by atoms with Gasteiger partial charge in [0.1, 0.15) is 0 Å². The summed E-state index contributed by atoms with van der Waals surface area (Å²) in [6, 6.07) is 5.62. The van der Waals surface area contributed by atoms with Gasteiger partial charge in [-0.05, 0) is 18.6 Å². The van der Waals surface area contributed by atoms with Gasteiger partial charge >= 0.3 is 0 Å². The molecule has 1 aromatic carbocycles. The first kappa shape index (κ1) is 14.0. The average Bonchev–Trinajstić information content (AvgIpc) is 2.42. The van der Waals surface area contributed by atoms with Crippen LogP contribution >= 0.6 is 0 Å². The molecule has 1 atom stereocenters. The standard InChI is InChI=1S/C13H15N3O4/c1-15-7-6-9(8-12(15)17)13(18)14-10-2-4-11(5-3-10)16(19)20/h2-5,9H,6-8H2,1H3,(H,14,18)/t9-/m0/s1. The summed E-state index contributed by atoms with van der Waals surface area (Å²) in [5.41, 5.74) is 0.462. The zero-order valence-corrected chi connectivity index (χ0v) is 11.0. The van der Waals surface area contributed by atoms with E-state index in [9.17, 15) is 19.7 Å². The van der Waals surface area contributed by atoms with Crippen molar-refractivity contribution in [3.63, 3.8) is 0 Å². The van der Waals surface area contributed by atoms with E-state index in [2.05, 4.69) is 5.32 Å². The molecule has 1 aromatic rings. The lowest BCUT2D eigenvalue weighted by molar-refractivity contribution is -0.384. The van der Waals surface area contributed by atoms with E-state index in [-0.39, 0.29) is 29.8 Å². The van der Waals surface area contributed by atoms with E-state index in [1.165, 1.54) is 24.3 Å². The zero-order valence-electron chi connectivity index (χ0n) is 11.0. The first-order valence-electron chi connectivity index (χ1n) is 6.26. The first-order valence-corrected chi connectivity index (χ1v) is 6.26. The Hall–Kier alpha value is -2.44. The molecule has 0 radical (unpaired) electrons. The van der Waals surface area contributed by atoms with E-state index in [0.717, 1.165) is 0 Å². The van der Waals surface area contributed by atoms with E-state index < -0.39 is 4.92 Å². The highest BCUT2D eigenvalue weighted by molar-refractivity contribution is 5.95. The topological polar surface area (TPSA) is 92.6 Å². The second-order valence-electron chi connectivity index (χ2n) is 4.80. The van der Waals surface area contributed by atoms with E-state index in [1.54, 1.807) is 11.9 Å². The predicted molar refractivity (Wildman–Crippen MR) is 72.1 cm³/mol.